The van der Waals surface area contributed by atoms with E-state index >= 15 is 0 Å². The zero-order valence-electron chi connectivity index (χ0n) is 12.2. The summed E-state index contributed by atoms with van der Waals surface area (Å²) in [5, 5.41) is 1.10. The van der Waals surface area contributed by atoms with E-state index in [2.05, 4.69) is 19.9 Å². The van der Waals surface area contributed by atoms with Crippen LogP contribution in [0.4, 0.5) is 11.4 Å². The van der Waals surface area contributed by atoms with Gasteiger partial charge >= 0.3 is 0 Å². The molecule has 9 heteroatoms. The quantitative estimate of drug-likeness (QED) is 0.739. The maximum atomic E-state index is 6.15. The SMILES string of the molecule is CCN1C(=Cc2nc(Cl)nc(Cl)n2)N(C)c2cc(Cl)c(Cl)cc21. The van der Waals surface area contributed by atoms with E-state index in [9.17, 15) is 0 Å². The van der Waals surface area contributed by atoms with E-state index in [-0.39, 0.29) is 10.6 Å². The molecule has 1 aromatic carbocycles. The summed E-state index contributed by atoms with van der Waals surface area (Å²) in [6.45, 7) is 2.76. The summed E-state index contributed by atoms with van der Waals surface area (Å²) >= 11 is 24.0. The zero-order chi connectivity index (χ0) is 16.7. The van der Waals surface area contributed by atoms with Crippen molar-refractivity contribution in [3.63, 3.8) is 0 Å². The number of rotatable bonds is 2. The van der Waals surface area contributed by atoms with Crippen molar-refractivity contribution >= 4 is 63.9 Å². The predicted molar refractivity (Wildman–Crippen MR) is 95.7 cm³/mol. The lowest BCUT2D eigenvalue weighted by atomic mass is 10.2. The Labute approximate surface area is 153 Å². The van der Waals surface area contributed by atoms with Crippen molar-refractivity contribution in [3.8, 4) is 0 Å². The van der Waals surface area contributed by atoms with E-state index in [1.165, 1.54) is 0 Å². The molecule has 0 atom stereocenters. The van der Waals surface area contributed by atoms with Gasteiger partial charge in [0.05, 0.1) is 21.4 Å². The Bertz CT molecular complexity index is 788. The number of hydrogen-bond acceptors (Lipinski definition) is 5. The molecule has 0 bridgehead atoms. The average molecular weight is 391 g/mol. The molecule has 0 N–H and O–H groups in total. The van der Waals surface area contributed by atoms with E-state index in [4.69, 9.17) is 46.4 Å². The Morgan fingerprint density at radius 2 is 1.52 bits per heavy atom. The molecule has 2 heterocycles. The van der Waals surface area contributed by atoms with Crippen LogP contribution in [0.1, 0.15) is 12.7 Å². The van der Waals surface area contributed by atoms with Gasteiger partial charge in [0.1, 0.15) is 5.82 Å². The van der Waals surface area contributed by atoms with Crippen molar-refractivity contribution in [2.75, 3.05) is 23.4 Å². The minimum absolute atomic E-state index is 0.0455. The first-order valence-corrected chi connectivity index (χ1v) is 8.21. The Morgan fingerprint density at radius 1 is 0.957 bits per heavy atom. The molecule has 2 aromatic rings. The minimum atomic E-state index is 0.0455. The predicted octanol–water partition coefficient (Wildman–Crippen LogP) is 4.76. The number of hydrogen-bond donors (Lipinski definition) is 0. The Kier molecular flexibility index (Phi) is 4.56. The third kappa shape index (κ3) is 3.06. The molecule has 0 amide bonds. The molecule has 0 fully saturated rings. The van der Waals surface area contributed by atoms with Crippen LogP contribution >= 0.6 is 46.4 Å². The second-order valence-electron chi connectivity index (χ2n) is 4.79. The van der Waals surface area contributed by atoms with Crippen molar-refractivity contribution in [1.82, 2.24) is 15.0 Å². The fourth-order valence-electron chi connectivity index (χ4n) is 2.47. The van der Waals surface area contributed by atoms with Crippen LogP contribution in [0.3, 0.4) is 0 Å². The average Bonchev–Trinajstić information content (AvgIpc) is 2.71. The summed E-state index contributed by atoms with van der Waals surface area (Å²) in [7, 11) is 1.93. The second kappa shape index (κ2) is 6.32. The topological polar surface area (TPSA) is 45.2 Å². The van der Waals surface area contributed by atoms with E-state index < -0.39 is 0 Å². The largest absolute Gasteiger partial charge is 0.329 e. The van der Waals surface area contributed by atoms with Crippen molar-refractivity contribution in [3.05, 3.63) is 44.4 Å². The maximum absolute atomic E-state index is 6.15. The summed E-state index contributed by atoms with van der Waals surface area (Å²) in [6, 6.07) is 3.67. The lowest BCUT2D eigenvalue weighted by Crippen LogP contribution is -2.25. The van der Waals surface area contributed by atoms with Gasteiger partial charge in [0, 0.05) is 19.7 Å². The molecular formula is C14H11Cl4N5. The van der Waals surface area contributed by atoms with Crippen molar-refractivity contribution in [2.24, 2.45) is 0 Å². The van der Waals surface area contributed by atoms with Gasteiger partial charge in [0.25, 0.3) is 0 Å². The third-order valence-electron chi connectivity index (χ3n) is 3.46. The molecule has 0 radical (unpaired) electrons. The summed E-state index contributed by atoms with van der Waals surface area (Å²) in [4.78, 5) is 15.9. The molecule has 0 saturated carbocycles. The highest BCUT2D eigenvalue weighted by Crippen LogP contribution is 2.44. The standard InChI is InChI=1S/C14H11Cl4N5/c1-3-23-10-5-8(16)7(15)4-9(10)22(2)12(23)6-11-19-13(17)21-14(18)20-11/h4-6H,3H2,1-2H3. The molecule has 1 aliphatic rings. The van der Waals surface area contributed by atoms with E-state index in [0.29, 0.717) is 15.9 Å². The number of halogens is 4. The van der Waals surface area contributed by atoms with Crippen molar-refractivity contribution in [1.29, 1.82) is 0 Å². The normalized spacial score (nSPS) is 15.5. The number of anilines is 2. The first kappa shape index (κ1) is 16.6. The summed E-state index contributed by atoms with van der Waals surface area (Å²) in [5.41, 5.74) is 1.90. The highest BCUT2D eigenvalue weighted by atomic mass is 35.5. The van der Waals surface area contributed by atoms with Crippen LogP contribution in [0.5, 0.6) is 0 Å². The fraction of sp³-hybridized carbons (Fsp3) is 0.214. The highest BCUT2D eigenvalue weighted by Gasteiger charge is 2.29. The fourth-order valence-corrected chi connectivity index (χ4v) is 3.16. The third-order valence-corrected chi connectivity index (χ3v) is 4.52. The van der Waals surface area contributed by atoms with Crippen LogP contribution < -0.4 is 9.80 Å². The van der Waals surface area contributed by atoms with Gasteiger partial charge in [-0.05, 0) is 42.3 Å². The highest BCUT2D eigenvalue weighted by molar-refractivity contribution is 6.42. The molecule has 0 aliphatic carbocycles. The van der Waals surface area contributed by atoms with Gasteiger partial charge in [-0.1, -0.05) is 23.2 Å². The van der Waals surface area contributed by atoms with Gasteiger partial charge in [0.2, 0.25) is 10.6 Å². The monoisotopic (exact) mass is 389 g/mol. The molecule has 0 spiro atoms. The van der Waals surface area contributed by atoms with Crippen LogP contribution in [0, 0.1) is 0 Å². The maximum Gasteiger partial charge on any atom is 0.227 e. The molecule has 23 heavy (non-hydrogen) atoms. The lowest BCUT2D eigenvalue weighted by molar-refractivity contribution is 0.947. The summed E-state index contributed by atoms with van der Waals surface area (Å²) in [6.07, 6.45) is 1.78. The number of aromatic nitrogens is 3. The summed E-state index contributed by atoms with van der Waals surface area (Å²) in [5.74, 6) is 1.24. The van der Waals surface area contributed by atoms with Gasteiger partial charge in [-0.25, -0.2) is 0 Å². The molecule has 1 aromatic heterocycles. The Hall–Kier alpha value is -1.27. The zero-order valence-corrected chi connectivity index (χ0v) is 15.2. The van der Waals surface area contributed by atoms with Gasteiger partial charge in [0.15, 0.2) is 5.82 Å². The van der Waals surface area contributed by atoms with Crippen LogP contribution in [0.2, 0.25) is 20.6 Å². The smallest absolute Gasteiger partial charge is 0.227 e. The summed E-state index contributed by atoms with van der Waals surface area (Å²) < 4.78 is 0. The molecule has 1 aliphatic heterocycles. The number of nitrogens with zero attached hydrogens (tertiary/aromatic N) is 5. The van der Waals surface area contributed by atoms with Crippen LogP contribution in [-0.2, 0) is 0 Å². The van der Waals surface area contributed by atoms with Crippen LogP contribution in [0.15, 0.2) is 18.0 Å². The van der Waals surface area contributed by atoms with Crippen LogP contribution in [-0.4, -0.2) is 28.5 Å². The molecule has 0 unspecified atom stereocenters. The van der Waals surface area contributed by atoms with Gasteiger partial charge in [-0.15, -0.1) is 0 Å². The first-order valence-electron chi connectivity index (χ1n) is 6.69. The molecule has 5 nitrogen and oxygen atoms in total. The van der Waals surface area contributed by atoms with Crippen LogP contribution in [0.25, 0.3) is 6.08 Å². The Morgan fingerprint density at radius 3 is 2.09 bits per heavy atom. The van der Waals surface area contributed by atoms with Gasteiger partial charge < -0.3 is 9.80 Å². The first-order chi connectivity index (χ1) is 10.9. The van der Waals surface area contributed by atoms with E-state index in [1.807, 2.05) is 31.0 Å². The van der Waals surface area contributed by atoms with Crippen molar-refractivity contribution in [2.45, 2.75) is 6.92 Å². The molecular weight excluding hydrogens is 380 g/mol. The van der Waals surface area contributed by atoms with Gasteiger partial charge in [-0.3, -0.25) is 0 Å². The number of fused-ring (bicyclic) bond motifs is 1. The molecule has 3 rings (SSSR count). The molecule has 120 valence electrons. The minimum Gasteiger partial charge on any atom is -0.329 e. The van der Waals surface area contributed by atoms with Crippen molar-refractivity contribution < 1.29 is 0 Å². The van der Waals surface area contributed by atoms with Gasteiger partial charge in [-0.2, -0.15) is 15.0 Å². The van der Waals surface area contributed by atoms with E-state index in [0.717, 1.165) is 23.7 Å². The molecule has 0 saturated heterocycles. The lowest BCUT2D eigenvalue weighted by Gasteiger charge is -2.21. The second-order valence-corrected chi connectivity index (χ2v) is 6.28. The Balaban J connectivity index is 2.11. The van der Waals surface area contributed by atoms with E-state index in [1.54, 1.807) is 6.08 Å². The number of benzene rings is 1.